The number of ether oxygens (including phenoxy) is 1. The number of hydrogen-bond acceptors (Lipinski definition) is 6. The van der Waals surface area contributed by atoms with Crippen LogP contribution in [-0.2, 0) is 11.3 Å². The summed E-state index contributed by atoms with van der Waals surface area (Å²) >= 11 is 0. The number of aryl methyl sites for hydroxylation is 1. The van der Waals surface area contributed by atoms with Crippen LogP contribution >= 0.6 is 0 Å². The van der Waals surface area contributed by atoms with E-state index in [-0.39, 0.29) is 17.7 Å². The van der Waals surface area contributed by atoms with Gasteiger partial charge in [0.05, 0.1) is 18.8 Å². The maximum atomic E-state index is 12.1. The fourth-order valence-corrected chi connectivity index (χ4v) is 4.01. The molecule has 3 heterocycles. The molecule has 32 heavy (non-hydrogen) atoms. The van der Waals surface area contributed by atoms with Gasteiger partial charge in [0, 0.05) is 42.7 Å². The summed E-state index contributed by atoms with van der Waals surface area (Å²) in [6, 6.07) is 14.6. The molecule has 2 atom stereocenters. The van der Waals surface area contributed by atoms with Crippen LogP contribution in [0.3, 0.4) is 0 Å². The van der Waals surface area contributed by atoms with Gasteiger partial charge in [0.1, 0.15) is 11.6 Å². The highest BCUT2D eigenvalue weighted by molar-refractivity contribution is 5.56. The number of nitrogens with one attached hydrogen (secondary N) is 2. The molecule has 2 aromatic heterocycles. The first-order valence-electron chi connectivity index (χ1n) is 11.2. The SMILES string of the molecule is CCC(Nc1ccc(-c2nc(C)c(C)c(=O)[nH]2)cn1)C1CN(Cc2ccccc2)CCO1. The van der Waals surface area contributed by atoms with E-state index in [1.54, 1.807) is 13.1 Å². The second-order valence-electron chi connectivity index (χ2n) is 8.35. The summed E-state index contributed by atoms with van der Waals surface area (Å²) in [6.45, 7) is 9.26. The molecule has 0 aliphatic carbocycles. The molecule has 2 N–H and O–H groups in total. The van der Waals surface area contributed by atoms with Crippen LogP contribution in [-0.4, -0.2) is 51.7 Å². The number of hydrogen-bond donors (Lipinski definition) is 2. The number of benzene rings is 1. The lowest BCUT2D eigenvalue weighted by Crippen LogP contribution is -2.49. The quantitative estimate of drug-likeness (QED) is 0.593. The van der Waals surface area contributed by atoms with E-state index in [4.69, 9.17) is 4.74 Å². The van der Waals surface area contributed by atoms with E-state index in [9.17, 15) is 4.79 Å². The van der Waals surface area contributed by atoms with Crippen LogP contribution in [0.2, 0.25) is 0 Å². The van der Waals surface area contributed by atoms with Crippen molar-refractivity contribution in [1.82, 2.24) is 19.9 Å². The van der Waals surface area contributed by atoms with Gasteiger partial charge < -0.3 is 15.0 Å². The van der Waals surface area contributed by atoms with Crippen molar-refractivity contribution in [3.05, 3.63) is 75.8 Å². The lowest BCUT2D eigenvalue weighted by atomic mass is 10.1. The number of morpholine rings is 1. The average Bonchev–Trinajstić information content (AvgIpc) is 2.82. The van der Waals surface area contributed by atoms with Crippen molar-refractivity contribution in [3.63, 3.8) is 0 Å². The van der Waals surface area contributed by atoms with E-state index in [0.717, 1.165) is 49.7 Å². The molecular formula is C25H31N5O2. The highest BCUT2D eigenvalue weighted by atomic mass is 16.5. The van der Waals surface area contributed by atoms with Crippen molar-refractivity contribution < 1.29 is 4.74 Å². The van der Waals surface area contributed by atoms with E-state index in [0.29, 0.717) is 11.4 Å². The number of anilines is 1. The molecule has 0 spiro atoms. The third-order valence-electron chi connectivity index (χ3n) is 6.08. The summed E-state index contributed by atoms with van der Waals surface area (Å²) in [5.41, 5.74) is 3.36. The van der Waals surface area contributed by atoms with Crippen molar-refractivity contribution in [2.45, 2.75) is 45.9 Å². The molecule has 0 bridgehead atoms. The maximum Gasteiger partial charge on any atom is 0.254 e. The second-order valence-corrected chi connectivity index (χ2v) is 8.35. The van der Waals surface area contributed by atoms with Crippen LogP contribution in [0.4, 0.5) is 5.82 Å². The number of rotatable bonds is 7. The Morgan fingerprint density at radius 3 is 2.72 bits per heavy atom. The van der Waals surface area contributed by atoms with Gasteiger partial charge in [-0.3, -0.25) is 9.69 Å². The van der Waals surface area contributed by atoms with Crippen molar-refractivity contribution in [3.8, 4) is 11.4 Å². The maximum absolute atomic E-state index is 12.1. The Bertz CT molecular complexity index is 1080. The second kappa shape index (κ2) is 10.1. The summed E-state index contributed by atoms with van der Waals surface area (Å²) in [5, 5.41) is 3.54. The van der Waals surface area contributed by atoms with Crippen LogP contribution in [0.25, 0.3) is 11.4 Å². The third kappa shape index (κ3) is 5.23. The van der Waals surface area contributed by atoms with Crippen LogP contribution in [0.1, 0.15) is 30.2 Å². The molecule has 3 aromatic rings. The molecule has 4 rings (SSSR count). The Kier molecular flexibility index (Phi) is 6.97. The van der Waals surface area contributed by atoms with E-state index < -0.39 is 0 Å². The monoisotopic (exact) mass is 433 g/mol. The van der Waals surface area contributed by atoms with Gasteiger partial charge in [0.2, 0.25) is 0 Å². The van der Waals surface area contributed by atoms with Crippen molar-refractivity contribution in [1.29, 1.82) is 0 Å². The van der Waals surface area contributed by atoms with Gasteiger partial charge >= 0.3 is 0 Å². The number of aromatic amines is 1. The molecule has 0 amide bonds. The Morgan fingerprint density at radius 2 is 2.03 bits per heavy atom. The average molecular weight is 434 g/mol. The normalized spacial score (nSPS) is 17.8. The Balaban J connectivity index is 1.41. The van der Waals surface area contributed by atoms with Gasteiger partial charge in [-0.2, -0.15) is 0 Å². The molecule has 1 aliphatic rings. The minimum Gasteiger partial charge on any atom is -0.373 e. The zero-order valence-corrected chi connectivity index (χ0v) is 19.0. The minimum absolute atomic E-state index is 0.0942. The number of H-pyrrole nitrogens is 1. The molecule has 1 fully saturated rings. The predicted molar refractivity (Wildman–Crippen MR) is 127 cm³/mol. The molecule has 7 heteroatoms. The van der Waals surface area contributed by atoms with E-state index in [2.05, 4.69) is 62.4 Å². The smallest absolute Gasteiger partial charge is 0.254 e. The summed E-state index contributed by atoms with van der Waals surface area (Å²) < 4.78 is 6.12. The van der Waals surface area contributed by atoms with Gasteiger partial charge in [0.25, 0.3) is 5.56 Å². The molecule has 7 nitrogen and oxygen atoms in total. The first-order valence-corrected chi connectivity index (χ1v) is 11.2. The van der Waals surface area contributed by atoms with Gasteiger partial charge in [-0.15, -0.1) is 0 Å². The molecular weight excluding hydrogens is 402 g/mol. The lowest BCUT2D eigenvalue weighted by molar-refractivity contribution is -0.0403. The fraction of sp³-hybridized carbons (Fsp3) is 0.400. The summed E-state index contributed by atoms with van der Waals surface area (Å²) in [4.78, 5) is 26.4. The Morgan fingerprint density at radius 1 is 1.22 bits per heavy atom. The zero-order valence-electron chi connectivity index (χ0n) is 19.0. The van der Waals surface area contributed by atoms with Crippen LogP contribution < -0.4 is 10.9 Å². The van der Waals surface area contributed by atoms with Crippen LogP contribution in [0.5, 0.6) is 0 Å². The third-order valence-corrected chi connectivity index (χ3v) is 6.08. The van der Waals surface area contributed by atoms with Gasteiger partial charge in [-0.1, -0.05) is 37.3 Å². The Hall–Kier alpha value is -3.03. The van der Waals surface area contributed by atoms with E-state index in [1.165, 1.54) is 5.56 Å². The summed E-state index contributed by atoms with van der Waals surface area (Å²) in [6.07, 6.45) is 2.77. The van der Waals surface area contributed by atoms with Crippen molar-refractivity contribution in [2.75, 3.05) is 25.0 Å². The summed E-state index contributed by atoms with van der Waals surface area (Å²) in [5.74, 6) is 1.33. The molecule has 168 valence electrons. The minimum atomic E-state index is -0.116. The number of aromatic nitrogens is 3. The highest BCUT2D eigenvalue weighted by Gasteiger charge is 2.27. The van der Waals surface area contributed by atoms with Gasteiger partial charge in [-0.05, 0) is 38.0 Å². The highest BCUT2D eigenvalue weighted by Crippen LogP contribution is 2.20. The first kappa shape index (κ1) is 22.2. The number of pyridine rings is 1. The molecule has 1 aromatic carbocycles. The van der Waals surface area contributed by atoms with Crippen LogP contribution in [0.15, 0.2) is 53.5 Å². The molecule has 1 aliphatic heterocycles. The lowest BCUT2D eigenvalue weighted by Gasteiger charge is -2.37. The van der Waals surface area contributed by atoms with Crippen LogP contribution in [0, 0.1) is 13.8 Å². The van der Waals surface area contributed by atoms with Crippen molar-refractivity contribution in [2.24, 2.45) is 0 Å². The van der Waals surface area contributed by atoms with Gasteiger partial charge in [0.15, 0.2) is 0 Å². The molecule has 0 radical (unpaired) electrons. The fourth-order valence-electron chi connectivity index (χ4n) is 4.01. The Labute approximate surface area is 188 Å². The van der Waals surface area contributed by atoms with Gasteiger partial charge in [-0.25, -0.2) is 9.97 Å². The topological polar surface area (TPSA) is 83.1 Å². The molecule has 2 unspecified atom stereocenters. The summed E-state index contributed by atoms with van der Waals surface area (Å²) in [7, 11) is 0. The largest absolute Gasteiger partial charge is 0.373 e. The molecule has 0 saturated carbocycles. The standard InChI is InChI=1S/C25H31N5O2/c1-4-21(22-16-30(12-13-32-22)15-19-8-6-5-7-9-19)28-23-11-10-20(14-26-23)24-27-18(3)17(2)25(31)29-24/h5-11,14,21-22H,4,12-13,15-16H2,1-3H3,(H,26,28)(H,27,29,31). The van der Waals surface area contributed by atoms with Crippen molar-refractivity contribution >= 4 is 5.82 Å². The van der Waals surface area contributed by atoms with E-state index >= 15 is 0 Å². The number of nitrogens with zero attached hydrogens (tertiary/aromatic N) is 3. The first-order chi connectivity index (χ1) is 15.5. The van der Waals surface area contributed by atoms with E-state index in [1.807, 2.05) is 19.1 Å². The predicted octanol–water partition coefficient (Wildman–Crippen LogP) is 3.54. The molecule has 1 saturated heterocycles. The zero-order chi connectivity index (χ0) is 22.5.